The summed E-state index contributed by atoms with van der Waals surface area (Å²) in [6.07, 6.45) is 5.41. The maximum Gasteiger partial charge on any atom is 0.00198 e. The molecule has 1 aliphatic carbocycles. The Labute approximate surface area is 69.5 Å². The average molecular weight is 156 g/mol. The summed E-state index contributed by atoms with van der Waals surface area (Å²) in [6.45, 7) is 5.21. The Bertz CT molecular complexity index is 106. The first-order chi connectivity index (χ1) is 5.33. The van der Waals surface area contributed by atoms with Crippen molar-refractivity contribution in [1.29, 1.82) is 0 Å². The number of nitrogens with two attached hydrogens (primary N) is 1. The molecule has 1 saturated carbocycles. The lowest BCUT2D eigenvalue weighted by Crippen LogP contribution is -2.38. The lowest BCUT2D eigenvalue weighted by atomic mass is 9.86. The van der Waals surface area contributed by atoms with Crippen LogP contribution < -0.4 is 11.1 Å². The first kappa shape index (κ1) is 9.01. The number of rotatable bonds is 4. The van der Waals surface area contributed by atoms with E-state index in [1.807, 2.05) is 0 Å². The number of nitrogens with one attached hydrogen (secondary N) is 1. The van der Waals surface area contributed by atoms with Crippen molar-refractivity contribution in [2.24, 2.45) is 11.1 Å². The summed E-state index contributed by atoms with van der Waals surface area (Å²) in [7, 11) is 0. The summed E-state index contributed by atoms with van der Waals surface area (Å²) in [5, 5.41) is 3.40. The zero-order chi connectivity index (χ0) is 8.16. The summed E-state index contributed by atoms with van der Waals surface area (Å²) >= 11 is 0. The Kier molecular flexibility index (Phi) is 3.34. The molecule has 0 aromatic carbocycles. The van der Waals surface area contributed by atoms with Crippen LogP contribution in [-0.2, 0) is 0 Å². The molecule has 2 heteroatoms. The standard InChI is InChI=1S/C9H20N2/c1-2-11-8-9(7-10)5-3-4-6-9/h11H,2-8,10H2,1H3. The third-order valence-corrected chi connectivity index (χ3v) is 2.85. The molecule has 3 N–H and O–H groups in total. The molecule has 1 fully saturated rings. The third-order valence-electron chi connectivity index (χ3n) is 2.85. The van der Waals surface area contributed by atoms with Crippen LogP contribution in [0, 0.1) is 5.41 Å². The molecule has 2 nitrogen and oxygen atoms in total. The van der Waals surface area contributed by atoms with Gasteiger partial charge in [-0.1, -0.05) is 19.8 Å². The van der Waals surface area contributed by atoms with Crippen LogP contribution in [-0.4, -0.2) is 19.6 Å². The van der Waals surface area contributed by atoms with Crippen molar-refractivity contribution in [1.82, 2.24) is 5.32 Å². The SMILES string of the molecule is CCNCC1(CN)CCCC1. The Hall–Kier alpha value is -0.0800. The molecule has 1 aliphatic rings. The zero-order valence-electron chi connectivity index (χ0n) is 7.53. The fourth-order valence-corrected chi connectivity index (χ4v) is 1.97. The van der Waals surface area contributed by atoms with Gasteiger partial charge in [0, 0.05) is 6.54 Å². The van der Waals surface area contributed by atoms with Crippen molar-refractivity contribution in [3.63, 3.8) is 0 Å². The van der Waals surface area contributed by atoms with E-state index in [1.165, 1.54) is 25.7 Å². The molecule has 0 bridgehead atoms. The summed E-state index contributed by atoms with van der Waals surface area (Å²) in [4.78, 5) is 0. The van der Waals surface area contributed by atoms with Gasteiger partial charge < -0.3 is 11.1 Å². The second-order valence-electron chi connectivity index (χ2n) is 3.69. The van der Waals surface area contributed by atoms with Crippen LogP contribution in [0.15, 0.2) is 0 Å². The van der Waals surface area contributed by atoms with Gasteiger partial charge in [0.05, 0.1) is 0 Å². The fourth-order valence-electron chi connectivity index (χ4n) is 1.97. The van der Waals surface area contributed by atoms with Gasteiger partial charge >= 0.3 is 0 Å². The van der Waals surface area contributed by atoms with Crippen molar-refractivity contribution >= 4 is 0 Å². The Balaban J connectivity index is 2.33. The first-order valence-corrected chi connectivity index (χ1v) is 4.74. The molecule has 0 saturated heterocycles. The van der Waals surface area contributed by atoms with Crippen molar-refractivity contribution in [2.75, 3.05) is 19.6 Å². The molecular weight excluding hydrogens is 136 g/mol. The molecular formula is C9H20N2. The normalized spacial score (nSPS) is 22.4. The minimum atomic E-state index is 0.454. The summed E-state index contributed by atoms with van der Waals surface area (Å²) in [5.74, 6) is 0. The van der Waals surface area contributed by atoms with Gasteiger partial charge in [-0.25, -0.2) is 0 Å². The summed E-state index contributed by atoms with van der Waals surface area (Å²) in [5.41, 5.74) is 6.22. The van der Waals surface area contributed by atoms with Gasteiger partial charge in [0.2, 0.25) is 0 Å². The van der Waals surface area contributed by atoms with Crippen LogP contribution in [0.2, 0.25) is 0 Å². The average Bonchev–Trinajstić information content (AvgIpc) is 2.50. The molecule has 1 rings (SSSR count). The maximum atomic E-state index is 5.77. The quantitative estimate of drug-likeness (QED) is 0.640. The van der Waals surface area contributed by atoms with Crippen LogP contribution >= 0.6 is 0 Å². The predicted molar refractivity (Wildman–Crippen MR) is 48.5 cm³/mol. The Morgan fingerprint density at radius 1 is 1.36 bits per heavy atom. The fraction of sp³-hybridized carbons (Fsp3) is 1.00. The van der Waals surface area contributed by atoms with Gasteiger partial charge in [0.1, 0.15) is 0 Å². The van der Waals surface area contributed by atoms with Crippen molar-refractivity contribution in [3.8, 4) is 0 Å². The van der Waals surface area contributed by atoms with E-state index in [0.29, 0.717) is 5.41 Å². The second-order valence-corrected chi connectivity index (χ2v) is 3.69. The molecule has 0 amide bonds. The zero-order valence-corrected chi connectivity index (χ0v) is 7.53. The minimum Gasteiger partial charge on any atom is -0.330 e. The molecule has 0 aliphatic heterocycles. The van der Waals surface area contributed by atoms with Gasteiger partial charge in [-0.3, -0.25) is 0 Å². The van der Waals surface area contributed by atoms with Gasteiger partial charge in [0.15, 0.2) is 0 Å². The smallest absolute Gasteiger partial charge is 0.00198 e. The molecule has 0 unspecified atom stereocenters. The maximum absolute atomic E-state index is 5.77. The van der Waals surface area contributed by atoms with E-state index in [9.17, 15) is 0 Å². The van der Waals surface area contributed by atoms with Gasteiger partial charge in [0.25, 0.3) is 0 Å². The molecule has 66 valence electrons. The monoisotopic (exact) mass is 156 g/mol. The van der Waals surface area contributed by atoms with E-state index in [2.05, 4.69) is 12.2 Å². The number of hydrogen-bond donors (Lipinski definition) is 2. The highest BCUT2D eigenvalue weighted by atomic mass is 14.9. The van der Waals surface area contributed by atoms with Crippen LogP contribution in [0.25, 0.3) is 0 Å². The van der Waals surface area contributed by atoms with E-state index in [-0.39, 0.29) is 0 Å². The third kappa shape index (κ3) is 2.17. The van der Waals surface area contributed by atoms with E-state index >= 15 is 0 Å². The van der Waals surface area contributed by atoms with Gasteiger partial charge in [-0.2, -0.15) is 0 Å². The van der Waals surface area contributed by atoms with Crippen molar-refractivity contribution in [2.45, 2.75) is 32.6 Å². The molecule has 0 atom stereocenters. The molecule has 0 heterocycles. The minimum absolute atomic E-state index is 0.454. The molecule has 11 heavy (non-hydrogen) atoms. The van der Waals surface area contributed by atoms with Crippen LogP contribution in [0.4, 0.5) is 0 Å². The predicted octanol–water partition coefficient (Wildman–Crippen LogP) is 1.11. The largest absolute Gasteiger partial charge is 0.330 e. The molecule has 0 spiro atoms. The van der Waals surface area contributed by atoms with Crippen LogP contribution in [0.1, 0.15) is 32.6 Å². The van der Waals surface area contributed by atoms with E-state index in [4.69, 9.17) is 5.73 Å². The Morgan fingerprint density at radius 3 is 2.45 bits per heavy atom. The van der Waals surface area contributed by atoms with E-state index in [0.717, 1.165) is 19.6 Å². The summed E-state index contributed by atoms with van der Waals surface area (Å²) in [6, 6.07) is 0. The van der Waals surface area contributed by atoms with Crippen molar-refractivity contribution < 1.29 is 0 Å². The molecule has 0 aromatic rings. The van der Waals surface area contributed by atoms with Gasteiger partial charge in [-0.15, -0.1) is 0 Å². The van der Waals surface area contributed by atoms with Crippen molar-refractivity contribution in [3.05, 3.63) is 0 Å². The summed E-state index contributed by atoms with van der Waals surface area (Å²) < 4.78 is 0. The lowest BCUT2D eigenvalue weighted by molar-refractivity contribution is 0.294. The number of hydrogen-bond acceptors (Lipinski definition) is 2. The van der Waals surface area contributed by atoms with Crippen LogP contribution in [0.5, 0.6) is 0 Å². The highest BCUT2D eigenvalue weighted by Gasteiger charge is 2.31. The first-order valence-electron chi connectivity index (χ1n) is 4.74. The van der Waals surface area contributed by atoms with Gasteiger partial charge in [-0.05, 0) is 31.3 Å². The lowest BCUT2D eigenvalue weighted by Gasteiger charge is -2.27. The topological polar surface area (TPSA) is 38.0 Å². The van der Waals surface area contributed by atoms with E-state index < -0.39 is 0 Å². The van der Waals surface area contributed by atoms with Crippen LogP contribution in [0.3, 0.4) is 0 Å². The molecule has 0 aromatic heterocycles. The second kappa shape index (κ2) is 4.07. The van der Waals surface area contributed by atoms with E-state index in [1.54, 1.807) is 0 Å². The highest BCUT2D eigenvalue weighted by Crippen LogP contribution is 2.36. The molecule has 0 radical (unpaired) electrons. The highest BCUT2D eigenvalue weighted by molar-refractivity contribution is 4.87. The Morgan fingerprint density at radius 2 is 2.00 bits per heavy atom.